The molecule has 0 bridgehead atoms. The van der Waals surface area contributed by atoms with Gasteiger partial charge in [-0.25, -0.2) is 0 Å². The van der Waals surface area contributed by atoms with Crippen LogP contribution in [0, 0.1) is 0 Å². The van der Waals surface area contributed by atoms with Gasteiger partial charge in [-0.3, -0.25) is 0 Å². The van der Waals surface area contributed by atoms with Crippen LogP contribution < -0.4 is 4.74 Å². The molecule has 1 N–H and O–H groups in total. The van der Waals surface area contributed by atoms with Gasteiger partial charge in [0, 0.05) is 6.61 Å². The summed E-state index contributed by atoms with van der Waals surface area (Å²) in [6.07, 6.45) is 1.02. The van der Waals surface area contributed by atoms with Crippen molar-refractivity contribution in [2.75, 3.05) is 6.61 Å². The molecule has 15 heavy (non-hydrogen) atoms. The topological polar surface area (TPSA) is 29.5 Å². The van der Waals surface area contributed by atoms with Crippen LogP contribution in [0.15, 0.2) is 24.3 Å². The van der Waals surface area contributed by atoms with Crippen LogP contribution in [0.25, 0.3) is 0 Å². The molecule has 1 atom stereocenters. The van der Waals surface area contributed by atoms with Gasteiger partial charge >= 0.3 is 0 Å². The van der Waals surface area contributed by atoms with Crippen molar-refractivity contribution in [3.63, 3.8) is 0 Å². The number of rotatable bonds is 5. The molecule has 1 aromatic rings. The van der Waals surface area contributed by atoms with E-state index in [4.69, 9.17) is 9.84 Å². The molecule has 2 heteroatoms. The highest BCUT2D eigenvalue weighted by atomic mass is 16.5. The molecule has 0 heterocycles. The van der Waals surface area contributed by atoms with Crippen molar-refractivity contribution in [3.8, 4) is 5.75 Å². The van der Waals surface area contributed by atoms with E-state index in [0.29, 0.717) is 5.92 Å². The van der Waals surface area contributed by atoms with Crippen LogP contribution in [0.4, 0.5) is 0 Å². The summed E-state index contributed by atoms with van der Waals surface area (Å²) in [6, 6.07) is 8.11. The zero-order valence-electron chi connectivity index (χ0n) is 9.73. The Morgan fingerprint density at radius 2 is 1.73 bits per heavy atom. The lowest BCUT2D eigenvalue weighted by atomic mass is 9.98. The molecule has 0 saturated carbocycles. The molecule has 0 spiro atoms. The summed E-state index contributed by atoms with van der Waals surface area (Å²) in [5.41, 5.74) is 1.25. The monoisotopic (exact) mass is 208 g/mol. The van der Waals surface area contributed by atoms with E-state index < -0.39 is 0 Å². The van der Waals surface area contributed by atoms with E-state index in [0.717, 1.165) is 12.2 Å². The van der Waals surface area contributed by atoms with Gasteiger partial charge in [-0.05, 0) is 43.9 Å². The van der Waals surface area contributed by atoms with E-state index in [1.807, 2.05) is 26.0 Å². The van der Waals surface area contributed by atoms with Crippen molar-refractivity contribution in [2.24, 2.45) is 0 Å². The second-order valence-corrected chi connectivity index (χ2v) is 4.15. The van der Waals surface area contributed by atoms with Gasteiger partial charge in [0.05, 0.1) is 6.10 Å². The van der Waals surface area contributed by atoms with Gasteiger partial charge in [0.15, 0.2) is 0 Å². The first-order chi connectivity index (χ1) is 7.13. The first-order valence-corrected chi connectivity index (χ1v) is 5.51. The third-order valence-corrected chi connectivity index (χ3v) is 2.38. The van der Waals surface area contributed by atoms with E-state index in [-0.39, 0.29) is 12.7 Å². The Bertz CT molecular complexity index is 277. The molecule has 0 aliphatic rings. The van der Waals surface area contributed by atoms with E-state index in [1.54, 1.807) is 0 Å². The maximum Gasteiger partial charge on any atom is 0.119 e. The Kier molecular flexibility index (Phi) is 4.63. The molecule has 0 radical (unpaired) electrons. The zero-order valence-corrected chi connectivity index (χ0v) is 9.73. The third kappa shape index (κ3) is 3.92. The van der Waals surface area contributed by atoms with E-state index in [1.165, 1.54) is 5.56 Å². The van der Waals surface area contributed by atoms with Gasteiger partial charge in [0.2, 0.25) is 0 Å². The molecule has 0 aliphatic heterocycles. The molecule has 0 amide bonds. The van der Waals surface area contributed by atoms with Crippen molar-refractivity contribution >= 4 is 0 Å². The average Bonchev–Trinajstić information content (AvgIpc) is 2.18. The maximum absolute atomic E-state index is 8.85. The Morgan fingerprint density at radius 3 is 2.20 bits per heavy atom. The van der Waals surface area contributed by atoms with Crippen molar-refractivity contribution < 1.29 is 9.84 Å². The number of aliphatic hydroxyl groups is 1. The maximum atomic E-state index is 8.85. The second-order valence-electron chi connectivity index (χ2n) is 4.15. The van der Waals surface area contributed by atoms with Gasteiger partial charge in [0.25, 0.3) is 0 Å². The predicted octanol–water partition coefficient (Wildman–Crippen LogP) is 2.96. The highest BCUT2D eigenvalue weighted by molar-refractivity contribution is 5.29. The van der Waals surface area contributed by atoms with Crippen LogP contribution in [-0.2, 0) is 0 Å². The standard InChI is InChI=1S/C13H20O2/c1-10(2)15-13-6-4-12(5-7-13)11(3)8-9-14/h4-7,10-11,14H,8-9H2,1-3H3. The molecule has 0 aromatic heterocycles. The van der Waals surface area contributed by atoms with Crippen LogP contribution in [0.2, 0.25) is 0 Å². The fraction of sp³-hybridized carbons (Fsp3) is 0.538. The lowest BCUT2D eigenvalue weighted by molar-refractivity contribution is 0.242. The summed E-state index contributed by atoms with van der Waals surface area (Å²) >= 11 is 0. The third-order valence-electron chi connectivity index (χ3n) is 2.38. The molecule has 2 nitrogen and oxygen atoms in total. The number of hydrogen-bond acceptors (Lipinski definition) is 2. The number of benzene rings is 1. The first kappa shape index (κ1) is 12.1. The largest absolute Gasteiger partial charge is 0.491 e. The highest BCUT2D eigenvalue weighted by Gasteiger charge is 2.05. The van der Waals surface area contributed by atoms with E-state index in [9.17, 15) is 0 Å². The van der Waals surface area contributed by atoms with E-state index >= 15 is 0 Å². The minimum atomic E-state index is 0.214. The minimum absolute atomic E-state index is 0.214. The molecule has 0 saturated heterocycles. The highest BCUT2D eigenvalue weighted by Crippen LogP contribution is 2.21. The number of ether oxygens (including phenoxy) is 1. The summed E-state index contributed by atoms with van der Waals surface area (Å²) in [5.74, 6) is 1.31. The quantitative estimate of drug-likeness (QED) is 0.806. The Balaban J connectivity index is 2.63. The van der Waals surface area contributed by atoms with Crippen molar-refractivity contribution in [3.05, 3.63) is 29.8 Å². The smallest absolute Gasteiger partial charge is 0.119 e. The minimum Gasteiger partial charge on any atom is -0.491 e. The lowest BCUT2D eigenvalue weighted by Crippen LogP contribution is -2.05. The summed E-state index contributed by atoms with van der Waals surface area (Å²) in [6.45, 7) is 6.39. The van der Waals surface area contributed by atoms with Crippen molar-refractivity contribution in [1.82, 2.24) is 0 Å². The Morgan fingerprint density at radius 1 is 1.13 bits per heavy atom. The van der Waals surface area contributed by atoms with E-state index in [2.05, 4.69) is 19.1 Å². The Hall–Kier alpha value is -1.02. The number of hydrogen-bond donors (Lipinski definition) is 1. The summed E-state index contributed by atoms with van der Waals surface area (Å²) in [7, 11) is 0. The molecule has 1 aromatic carbocycles. The van der Waals surface area contributed by atoms with Gasteiger partial charge in [-0.1, -0.05) is 19.1 Å². The lowest BCUT2D eigenvalue weighted by Gasteiger charge is -2.13. The van der Waals surface area contributed by atoms with Crippen molar-refractivity contribution in [2.45, 2.75) is 39.2 Å². The molecular formula is C13H20O2. The normalized spacial score (nSPS) is 12.9. The van der Waals surface area contributed by atoms with Gasteiger partial charge in [0.1, 0.15) is 5.75 Å². The first-order valence-electron chi connectivity index (χ1n) is 5.51. The van der Waals surface area contributed by atoms with Crippen LogP contribution >= 0.6 is 0 Å². The molecule has 0 fully saturated rings. The molecule has 1 rings (SSSR count). The predicted molar refractivity (Wildman–Crippen MR) is 62.3 cm³/mol. The molecule has 0 aliphatic carbocycles. The van der Waals surface area contributed by atoms with Gasteiger partial charge < -0.3 is 9.84 Å². The number of aliphatic hydroxyl groups excluding tert-OH is 1. The van der Waals surface area contributed by atoms with Crippen LogP contribution in [0.1, 0.15) is 38.7 Å². The fourth-order valence-corrected chi connectivity index (χ4v) is 1.51. The van der Waals surface area contributed by atoms with Crippen LogP contribution in [0.3, 0.4) is 0 Å². The molecular weight excluding hydrogens is 188 g/mol. The van der Waals surface area contributed by atoms with Gasteiger partial charge in [-0.2, -0.15) is 0 Å². The zero-order chi connectivity index (χ0) is 11.3. The summed E-state index contributed by atoms with van der Waals surface area (Å²) in [5, 5.41) is 8.85. The van der Waals surface area contributed by atoms with Crippen LogP contribution in [0.5, 0.6) is 5.75 Å². The van der Waals surface area contributed by atoms with Crippen molar-refractivity contribution in [1.29, 1.82) is 0 Å². The average molecular weight is 208 g/mol. The molecule has 84 valence electrons. The SMILES string of the molecule is CC(C)Oc1ccc(C(C)CCO)cc1. The van der Waals surface area contributed by atoms with Crippen LogP contribution in [-0.4, -0.2) is 17.8 Å². The Labute approximate surface area is 91.9 Å². The fourth-order valence-electron chi connectivity index (χ4n) is 1.51. The van der Waals surface area contributed by atoms with Gasteiger partial charge in [-0.15, -0.1) is 0 Å². The summed E-state index contributed by atoms with van der Waals surface area (Å²) < 4.78 is 5.56. The second kappa shape index (κ2) is 5.76. The molecule has 1 unspecified atom stereocenters. The summed E-state index contributed by atoms with van der Waals surface area (Å²) in [4.78, 5) is 0.